The van der Waals surface area contributed by atoms with E-state index in [1.54, 1.807) is 7.11 Å². The topological polar surface area (TPSA) is 36.9 Å². The van der Waals surface area contributed by atoms with Gasteiger partial charge in [0.15, 0.2) is 6.29 Å². The quantitative estimate of drug-likeness (QED) is 0.447. The second-order valence-electron chi connectivity index (χ2n) is 5.96. The smallest absolute Gasteiger partial charge is 0.197 e. The molecule has 2 atom stereocenters. The summed E-state index contributed by atoms with van der Waals surface area (Å²) in [5, 5.41) is 0. The first-order valence-corrected chi connectivity index (χ1v) is 8.77. The third kappa shape index (κ3) is 6.31. The SMILES string of the molecule is CCC(C)c1ccc(OC(C)OCCOc2cccc(OC)c2)cc1. The molecule has 0 bridgehead atoms. The van der Waals surface area contributed by atoms with E-state index in [0.717, 1.165) is 23.7 Å². The highest BCUT2D eigenvalue weighted by Gasteiger charge is 2.06. The van der Waals surface area contributed by atoms with Crippen LogP contribution in [0.5, 0.6) is 17.2 Å². The van der Waals surface area contributed by atoms with Crippen LogP contribution < -0.4 is 14.2 Å². The first-order valence-electron chi connectivity index (χ1n) is 8.77. The van der Waals surface area contributed by atoms with Gasteiger partial charge in [0.05, 0.1) is 13.7 Å². The lowest BCUT2D eigenvalue weighted by molar-refractivity contribution is -0.0739. The van der Waals surface area contributed by atoms with Crippen molar-refractivity contribution in [2.24, 2.45) is 0 Å². The fourth-order valence-electron chi connectivity index (χ4n) is 2.40. The first kappa shape index (κ1) is 19.1. The number of hydrogen-bond donors (Lipinski definition) is 0. The van der Waals surface area contributed by atoms with Gasteiger partial charge in [-0.3, -0.25) is 0 Å². The average molecular weight is 344 g/mol. The van der Waals surface area contributed by atoms with Gasteiger partial charge in [-0.05, 0) is 49.1 Å². The van der Waals surface area contributed by atoms with Crippen LogP contribution in [0.4, 0.5) is 0 Å². The van der Waals surface area contributed by atoms with Gasteiger partial charge in [-0.1, -0.05) is 32.0 Å². The van der Waals surface area contributed by atoms with Gasteiger partial charge in [0, 0.05) is 6.07 Å². The minimum Gasteiger partial charge on any atom is -0.497 e. The lowest BCUT2D eigenvalue weighted by Crippen LogP contribution is -2.19. The Morgan fingerprint density at radius 3 is 2.28 bits per heavy atom. The van der Waals surface area contributed by atoms with Gasteiger partial charge in [0.2, 0.25) is 0 Å². The van der Waals surface area contributed by atoms with Crippen molar-refractivity contribution in [2.45, 2.75) is 39.4 Å². The van der Waals surface area contributed by atoms with Gasteiger partial charge < -0.3 is 18.9 Å². The second-order valence-corrected chi connectivity index (χ2v) is 5.96. The summed E-state index contributed by atoms with van der Waals surface area (Å²) >= 11 is 0. The Bertz CT molecular complexity index is 624. The van der Waals surface area contributed by atoms with Crippen LogP contribution in [0.1, 0.15) is 38.7 Å². The van der Waals surface area contributed by atoms with Gasteiger partial charge in [-0.2, -0.15) is 0 Å². The third-order valence-corrected chi connectivity index (χ3v) is 4.11. The van der Waals surface area contributed by atoms with Gasteiger partial charge in [0.25, 0.3) is 0 Å². The van der Waals surface area contributed by atoms with Crippen molar-refractivity contribution in [1.82, 2.24) is 0 Å². The van der Waals surface area contributed by atoms with E-state index in [9.17, 15) is 0 Å². The van der Waals surface area contributed by atoms with E-state index >= 15 is 0 Å². The molecule has 2 aromatic carbocycles. The molecule has 0 aliphatic carbocycles. The Kier molecular flexibility index (Phi) is 7.61. The largest absolute Gasteiger partial charge is 0.497 e. The Hall–Kier alpha value is -2.20. The molecule has 0 spiro atoms. The Morgan fingerprint density at radius 2 is 1.60 bits per heavy atom. The lowest BCUT2D eigenvalue weighted by atomic mass is 9.99. The van der Waals surface area contributed by atoms with Crippen LogP contribution in [0, 0.1) is 0 Å². The molecule has 0 aliphatic heterocycles. The van der Waals surface area contributed by atoms with Crippen molar-refractivity contribution < 1.29 is 18.9 Å². The summed E-state index contributed by atoms with van der Waals surface area (Å²) in [6.45, 7) is 7.20. The van der Waals surface area contributed by atoms with Crippen LogP contribution in [0.25, 0.3) is 0 Å². The van der Waals surface area contributed by atoms with Crippen LogP contribution in [-0.4, -0.2) is 26.6 Å². The summed E-state index contributed by atoms with van der Waals surface area (Å²) in [5.41, 5.74) is 1.33. The van der Waals surface area contributed by atoms with Crippen LogP contribution in [-0.2, 0) is 4.74 Å². The average Bonchev–Trinajstić information content (AvgIpc) is 2.65. The molecule has 0 aromatic heterocycles. The zero-order valence-corrected chi connectivity index (χ0v) is 15.5. The van der Waals surface area contributed by atoms with Gasteiger partial charge in [0.1, 0.15) is 23.9 Å². The number of hydrogen-bond acceptors (Lipinski definition) is 4. The van der Waals surface area contributed by atoms with Crippen molar-refractivity contribution >= 4 is 0 Å². The monoisotopic (exact) mass is 344 g/mol. The van der Waals surface area contributed by atoms with Crippen LogP contribution >= 0.6 is 0 Å². The molecular formula is C21H28O4. The van der Waals surface area contributed by atoms with Gasteiger partial charge in [-0.15, -0.1) is 0 Å². The van der Waals surface area contributed by atoms with Gasteiger partial charge in [-0.25, -0.2) is 0 Å². The summed E-state index contributed by atoms with van der Waals surface area (Å²) in [6.07, 6.45) is 0.802. The third-order valence-electron chi connectivity index (χ3n) is 4.11. The maximum absolute atomic E-state index is 5.77. The maximum atomic E-state index is 5.77. The number of rotatable bonds is 10. The Balaban J connectivity index is 1.70. The molecule has 0 N–H and O–H groups in total. The molecule has 25 heavy (non-hydrogen) atoms. The van der Waals surface area contributed by atoms with E-state index in [1.807, 2.05) is 43.3 Å². The van der Waals surface area contributed by atoms with E-state index < -0.39 is 0 Å². The normalized spacial score (nSPS) is 13.1. The summed E-state index contributed by atoms with van der Waals surface area (Å²) in [4.78, 5) is 0. The zero-order valence-electron chi connectivity index (χ0n) is 15.5. The fourth-order valence-corrected chi connectivity index (χ4v) is 2.40. The number of ether oxygens (including phenoxy) is 4. The Morgan fingerprint density at radius 1 is 0.880 bits per heavy atom. The second kappa shape index (κ2) is 9.94. The molecule has 0 heterocycles. The summed E-state index contributed by atoms with van der Waals surface area (Å²) in [7, 11) is 1.64. The fraction of sp³-hybridized carbons (Fsp3) is 0.429. The van der Waals surface area contributed by atoms with E-state index in [1.165, 1.54) is 5.56 Å². The minimum atomic E-state index is -0.330. The van der Waals surface area contributed by atoms with Crippen LogP contribution in [0.2, 0.25) is 0 Å². The molecule has 0 saturated carbocycles. The van der Waals surface area contributed by atoms with Gasteiger partial charge >= 0.3 is 0 Å². The first-order chi connectivity index (χ1) is 12.1. The molecule has 2 rings (SSSR count). The number of methoxy groups -OCH3 is 1. The number of benzene rings is 2. The molecule has 0 radical (unpaired) electrons. The maximum Gasteiger partial charge on any atom is 0.197 e. The molecule has 4 nitrogen and oxygen atoms in total. The standard InChI is InChI=1S/C21H28O4/c1-5-16(2)18-9-11-19(12-10-18)25-17(3)23-13-14-24-21-8-6-7-20(15-21)22-4/h6-12,15-17H,5,13-14H2,1-4H3. The highest BCUT2D eigenvalue weighted by atomic mass is 16.7. The molecule has 2 aromatic rings. The van der Waals surface area contributed by atoms with Crippen molar-refractivity contribution in [1.29, 1.82) is 0 Å². The minimum absolute atomic E-state index is 0.330. The summed E-state index contributed by atoms with van der Waals surface area (Å²) in [6, 6.07) is 15.7. The molecule has 136 valence electrons. The Labute approximate surface area is 150 Å². The molecular weight excluding hydrogens is 316 g/mol. The summed E-state index contributed by atoms with van der Waals surface area (Å²) < 4.78 is 22.2. The van der Waals surface area contributed by atoms with Crippen molar-refractivity contribution in [3.8, 4) is 17.2 Å². The zero-order chi connectivity index (χ0) is 18.1. The predicted octanol–water partition coefficient (Wildman–Crippen LogP) is 5.03. The van der Waals surface area contributed by atoms with Crippen LogP contribution in [0.3, 0.4) is 0 Å². The molecule has 0 amide bonds. The highest BCUT2D eigenvalue weighted by Crippen LogP contribution is 2.22. The lowest BCUT2D eigenvalue weighted by Gasteiger charge is -2.17. The van der Waals surface area contributed by atoms with Crippen LogP contribution in [0.15, 0.2) is 48.5 Å². The van der Waals surface area contributed by atoms with Crippen molar-refractivity contribution in [2.75, 3.05) is 20.3 Å². The molecule has 0 saturated heterocycles. The van der Waals surface area contributed by atoms with Crippen molar-refractivity contribution in [3.63, 3.8) is 0 Å². The van der Waals surface area contributed by atoms with E-state index in [-0.39, 0.29) is 6.29 Å². The highest BCUT2D eigenvalue weighted by molar-refractivity contribution is 5.32. The van der Waals surface area contributed by atoms with Crippen molar-refractivity contribution in [3.05, 3.63) is 54.1 Å². The molecule has 0 fully saturated rings. The molecule has 0 aliphatic rings. The van der Waals surface area contributed by atoms with E-state index in [4.69, 9.17) is 18.9 Å². The summed E-state index contributed by atoms with van der Waals surface area (Å²) in [5.74, 6) is 2.91. The van der Waals surface area contributed by atoms with E-state index in [2.05, 4.69) is 26.0 Å². The molecule has 4 heteroatoms. The van der Waals surface area contributed by atoms with E-state index in [0.29, 0.717) is 19.1 Å². The molecule has 2 unspecified atom stereocenters. The predicted molar refractivity (Wildman–Crippen MR) is 99.7 cm³/mol.